The van der Waals surface area contributed by atoms with Gasteiger partial charge in [0, 0.05) is 56.2 Å². The lowest BCUT2D eigenvalue weighted by Gasteiger charge is -2.35. The maximum atomic E-state index is 11.4. The molecule has 0 unspecified atom stereocenters. The van der Waals surface area contributed by atoms with Gasteiger partial charge in [0.05, 0.1) is 24.2 Å². The van der Waals surface area contributed by atoms with E-state index in [2.05, 4.69) is 28.1 Å². The van der Waals surface area contributed by atoms with E-state index in [1.54, 1.807) is 18.3 Å². The minimum absolute atomic E-state index is 0.140. The van der Waals surface area contributed by atoms with E-state index in [4.69, 9.17) is 4.74 Å². The summed E-state index contributed by atoms with van der Waals surface area (Å²) in [6, 6.07) is 8.21. The van der Waals surface area contributed by atoms with Gasteiger partial charge in [0.25, 0.3) is 0 Å². The van der Waals surface area contributed by atoms with Gasteiger partial charge in [-0.05, 0) is 36.4 Å². The topological polar surface area (TPSA) is 62.7 Å². The molecule has 1 amide bonds. The summed E-state index contributed by atoms with van der Waals surface area (Å²) in [7, 11) is 0. The molecule has 1 fully saturated rings. The number of thiophene rings is 1. The molecule has 0 spiro atoms. The summed E-state index contributed by atoms with van der Waals surface area (Å²) in [5, 5.41) is 0. The van der Waals surface area contributed by atoms with E-state index in [9.17, 15) is 9.59 Å². The highest BCUT2D eigenvalue weighted by Gasteiger charge is 2.18. The normalized spacial score (nSPS) is 14.5. The highest BCUT2D eigenvalue weighted by Crippen LogP contribution is 2.20. The van der Waals surface area contributed by atoms with Crippen molar-refractivity contribution in [2.75, 3.05) is 37.7 Å². The quantitative estimate of drug-likeness (QED) is 0.699. The number of aromatic nitrogens is 1. The third-order valence-electron chi connectivity index (χ3n) is 4.62. The second-order valence-corrected chi connectivity index (χ2v) is 7.86. The first-order valence-corrected chi connectivity index (χ1v) is 10.2. The van der Waals surface area contributed by atoms with Crippen LogP contribution in [0.3, 0.4) is 0 Å². The molecular weight excluding hydrogens is 374 g/mol. The van der Waals surface area contributed by atoms with Crippen molar-refractivity contribution in [1.82, 2.24) is 9.88 Å². The van der Waals surface area contributed by atoms with Crippen LogP contribution in [-0.4, -0.2) is 54.5 Å². The van der Waals surface area contributed by atoms with Gasteiger partial charge < -0.3 is 14.5 Å². The molecule has 7 heteroatoms. The van der Waals surface area contributed by atoms with E-state index in [1.165, 1.54) is 11.8 Å². The number of amides is 1. The van der Waals surface area contributed by atoms with E-state index >= 15 is 0 Å². The molecule has 0 atom stereocenters. The van der Waals surface area contributed by atoms with Crippen LogP contribution < -0.4 is 4.90 Å². The van der Waals surface area contributed by atoms with Gasteiger partial charge in [0.2, 0.25) is 5.91 Å². The summed E-state index contributed by atoms with van der Waals surface area (Å²) in [5.41, 5.74) is 1.99. The van der Waals surface area contributed by atoms with Gasteiger partial charge in [0.1, 0.15) is 0 Å². The number of nitrogens with zero attached hydrogens (tertiary/aromatic N) is 3. The van der Waals surface area contributed by atoms with E-state index in [1.807, 2.05) is 29.3 Å². The van der Waals surface area contributed by atoms with Crippen LogP contribution in [0.2, 0.25) is 0 Å². The first-order valence-electron chi connectivity index (χ1n) is 9.38. The first kappa shape index (κ1) is 20.1. The zero-order chi connectivity index (χ0) is 19.9. The molecule has 2 aromatic heterocycles. The third kappa shape index (κ3) is 5.66. The van der Waals surface area contributed by atoms with Crippen LogP contribution >= 0.6 is 11.3 Å². The van der Waals surface area contributed by atoms with E-state index in [0.29, 0.717) is 6.61 Å². The standard InChI is InChI=1S/C21H25N3O3S/c1-16(25)23-10-12-24(13-11-23)19-5-3-18(22-15-19)4-6-20-7-8-21(28-20)9-14-27-17(2)26/h3-8,15H,9-14H2,1-2H3. The second kappa shape index (κ2) is 9.50. The molecule has 6 nitrogen and oxygen atoms in total. The lowest BCUT2D eigenvalue weighted by molar-refractivity contribution is -0.140. The average Bonchev–Trinajstić information content (AvgIpc) is 3.14. The van der Waals surface area contributed by atoms with Crippen molar-refractivity contribution < 1.29 is 14.3 Å². The van der Waals surface area contributed by atoms with Crippen LogP contribution in [0.5, 0.6) is 0 Å². The molecular formula is C21H25N3O3S. The Balaban J connectivity index is 1.52. The number of ether oxygens (including phenoxy) is 1. The predicted molar refractivity (Wildman–Crippen MR) is 112 cm³/mol. The van der Waals surface area contributed by atoms with Gasteiger partial charge in [-0.1, -0.05) is 0 Å². The molecule has 3 rings (SSSR count). The van der Waals surface area contributed by atoms with Crippen molar-refractivity contribution in [2.24, 2.45) is 0 Å². The number of pyridine rings is 1. The smallest absolute Gasteiger partial charge is 0.302 e. The number of hydrogen-bond acceptors (Lipinski definition) is 6. The van der Waals surface area contributed by atoms with Crippen molar-refractivity contribution in [3.8, 4) is 0 Å². The molecule has 2 aromatic rings. The number of rotatable bonds is 6. The van der Waals surface area contributed by atoms with Crippen LogP contribution in [0.15, 0.2) is 30.5 Å². The van der Waals surface area contributed by atoms with E-state index < -0.39 is 0 Å². The Hall–Kier alpha value is -2.67. The number of esters is 1. The summed E-state index contributed by atoms with van der Waals surface area (Å²) in [5.74, 6) is -0.103. The zero-order valence-corrected chi connectivity index (χ0v) is 17.1. The van der Waals surface area contributed by atoms with Crippen LogP contribution in [0.1, 0.15) is 29.3 Å². The number of anilines is 1. The molecule has 1 saturated heterocycles. The summed E-state index contributed by atoms with van der Waals surface area (Å²) in [6.07, 6.45) is 6.68. The molecule has 0 N–H and O–H groups in total. The molecule has 0 radical (unpaired) electrons. The van der Waals surface area contributed by atoms with Crippen molar-refractivity contribution in [3.63, 3.8) is 0 Å². The van der Waals surface area contributed by atoms with Gasteiger partial charge in [-0.3, -0.25) is 14.6 Å². The highest BCUT2D eigenvalue weighted by atomic mass is 32.1. The number of piperazine rings is 1. The monoisotopic (exact) mass is 399 g/mol. The van der Waals surface area contributed by atoms with Crippen molar-refractivity contribution in [1.29, 1.82) is 0 Å². The van der Waals surface area contributed by atoms with Gasteiger partial charge in [-0.15, -0.1) is 11.3 Å². The Morgan fingerprint density at radius 2 is 1.89 bits per heavy atom. The Labute approximate surface area is 169 Å². The fraction of sp³-hybridized carbons (Fsp3) is 0.381. The lowest BCUT2D eigenvalue weighted by atomic mass is 10.2. The fourth-order valence-electron chi connectivity index (χ4n) is 3.04. The molecule has 1 aliphatic heterocycles. The largest absolute Gasteiger partial charge is 0.465 e. The number of carbonyl (C=O) groups excluding carboxylic acids is 2. The maximum absolute atomic E-state index is 11.4. The molecule has 3 heterocycles. The van der Waals surface area contributed by atoms with E-state index in [0.717, 1.165) is 48.9 Å². The summed E-state index contributed by atoms with van der Waals surface area (Å²) in [6.45, 7) is 6.65. The van der Waals surface area contributed by atoms with Crippen molar-refractivity contribution in [3.05, 3.63) is 45.9 Å². The van der Waals surface area contributed by atoms with E-state index in [-0.39, 0.29) is 11.9 Å². The molecule has 148 valence electrons. The summed E-state index contributed by atoms with van der Waals surface area (Å²) in [4.78, 5) is 33.2. The van der Waals surface area contributed by atoms with Crippen LogP contribution in [-0.2, 0) is 20.7 Å². The first-order chi connectivity index (χ1) is 13.5. The van der Waals surface area contributed by atoms with Crippen LogP contribution in [0.4, 0.5) is 5.69 Å². The zero-order valence-electron chi connectivity index (χ0n) is 16.3. The Morgan fingerprint density at radius 3 is 2.54 bits per heavy atom. The Kier molecular flexibility index (Phi) is 6.81. The van der Waals surface area contributed by atoms with Crippen molar-refractivity contribution >= 4 is 41.1 Å². The minimum Gasteiger partial charge on any atom is -0.465 e. The molecule has 28 heavy (non-hydrogen) atoms. The molecule has 0 aromatic carbocycles. The Bertz CT molecular complexity index is 837. The summed E-state index contributed by atoms with van der Waals surface area (Å²) < 4.78 is 4.98. The molecule has 0 saturated carbocycles. The van der Waals surface area contributed by atoms with Gasteiger partial charge in [0.15, 0.2) is 0 Å². The average molecular weight is 400 g/mol. The number of hydrogen-bond donors (Lipinski definition) is 0. The SMILES string of the molecule is CC(=O)OCCc1ccc(C=Cc2ccc(N3CCN(C(C)=O)CC3)cn2)s1. The molecule has 1 aliphatic rings. The molecule has 0 bridgehead atoms. The molecule has 0 aliphatic carbocycles. The Morgan fingerprint density at radius 1 is 1.11 bits per heavy atom. The van der Waals surface area contributed by atoms with Crippen LogP contribution in [0, 0.1) is 0 Å². The maximum Gasteiger partial charge on any atom is 0.302 e. The highest BCUT2D eigenvalue weighted by molar-refractivity contribution is 7.12. The second-order valence-electron chi connectivity index (χ2n) is 6.66. The predicted octanol–water partition coefficient (Wildman–Crippen LogP) is 3.09. The van der Waals surface area contributed by atoms with Crippen molar-refractivity contribution in [2.45, 2.75) is 20.3 Å². The fourth-order valence-corrected chi connectivity index (χ4v) is 3.94. The lowest BCUT2D eigenvalue weighted by Crippen LogP contribution is -2.48. The van der Waals surface area contributed by atoms with Gasteiger partial charge in [-0.25, -0.2) is 0 Å². The van der Waals surface area contributed by atoms with Crippen LogP contribution in [0.25, 0.3) is 12.2 Å². The minimum atomic E-state index is -0.244. The van der Waals surface area contributed by atoms with Gasteiger partial charge >= 0.3 is 5.97 Å². The third-order valence-corrected chi connectivity index (χ3v) is 5.73. The van der Waals surface area contributed by atoms with Gasteiger partial charge in [-0.2, -0.15) is 0 Å². The summed E-state index contributed by atoms with van der Waals surface area (Å²) >= 11 is 1.69. The number of carbonyl (C=O) groups is 2.